The highest BCUT2D eigenvalue weighted by Crippen LogP contribution is 2.35. The van der Waals surface area contributed by atoms with Crippen molar-refractivity contribution >= 4 is 11.3 Å². The molecule has 0 bridgehead atoms. The minimum Gasteiger partial charge on any atom is -0.304 e. The summed E-state index contributed by atoms with van der Waals surface area (Å²) in [5.41, 5.74) is 1.39. The van der Waals surface area contributed by atoms with Crippen LogP contribution in [0.15, 0.2) is 5.38 Å². The summed E-state index contributed by atoms with van der Waals surface area (Å²) in [7, 11) is 2.22. The van der Waals surface area contributed by atoms with E-state index in [-0.39, 0.29) is 11.0 Å². The lowest BCUT2D eigenvalue weighted by molar-refractivity contribution is 0.134. The van der Waals surface area contributed by atoms with Crippen LogP contribution in [-0.2, 0) is 11.0 Å². The third kappa shape index (κ3) is 3.41. The molecule has 1 aromatic heterocycles. The highest BCUT2D eigenvalue weighted by Gasteiger charge is 2.39. The van der Waals surface area contributed by atoms with Crippen LogP contribution in [0.3, 0.4) is 0 Å². The van der Waals surface area contributed by atoms with Crippen LogP contribution in [0.4, 0.5) is 0 Å². The van der Waals surface area contributed by atoms with Gasteiger partial charge in [-0.2, -0.15) is 0 Å². The van der Waals surface area contributed by atoms with Gasteiger partial charge >= 0.3 is 0 Å². The number of likely N-dealkylation sites (tertiary alicyclic amines) is 1. The first-order valence-electron chi connectivity index (χ1n) is 7.66. The number of piperidine rings is 1. The number of rotatable bonds is 3. The van der Waals surface area contributed by atoms with Gasteiger partial charge in [-0.25, -0.2) is 4.98 Å². The zero-order valence-corrected chi connectivity index (χ0v) is 14.6. The van der Waals surface area contributed by atoms with Crippen molar-refractivity contribution in [1.82, 2.24) is 15.2 Å². The topological polar surface area (TPSA) is 28.2 Å². The van der Waals surface area contributed by atoms with Gasteiger partial charge in [-0.1, -0.05) is 20.8 Å². The van der Waals surface area contributed by atoms with E-state index >= 15 is 0 Å². The van der Waals surface area contributed by atoms with Gasteiger partial charge in [-0.05, 0) is 40.3 Å². The van der Waals surface area contributed by atoms with Gasteiger partial charge in [0, 0.05) is 23.4 Å². The molecule has 3 nitrogen and oxygen atoms in total. The molecule has 1 aromatic rings. The molecule has 0 aliphatic carbocycles. The van der Waals surface area contributed by atoms with Crippen molar-refractivity contribution in [3.8, 4) is 0 Å². The van der Waals surface area contributed by atoms with E-state index in [0.29, 0.717) is 6.04 Å². The molecule has 20 heavy (non-hydrogen) atoms. The van der Waals surface area contributed by atoms with E-state index < -0.39 is 0 Å². The molecule has 0 saturated carbocycles. The number of hydrogen-bond donors (Lipinski definition) is 1. The molecule has 4 heteroatoms. The van der Waals surface area contributed by atoms with Crippen molar-refractivity contribution in [1.29, 1.82) is 0 Å². The molecule has 2 rings (SSSR count). The van der Waals surface area contributed by atoms with Crippen molar-refractivity contribution in [2.75, 3.05) is 20.1 Å². The van der Waals surface area contributed by atoms with E-state index in [2.05, 4.69) is 57.3 Å². The predicted molar refractivity (Wildman–Crippen MR) is 87.5 cm³/mol. The maximum absolute atomic E-state index is 4.99. The quantitative estimate of drug-likeness (QED) is 0.927. The first-order chi connectivity index (χ1) is 9.23. The molecule has 0 radical (unpaired) electrons. The number of thiazole rings is 1. The zero-order chi connectivity index (χ0) is 15.0. The van der Waals surface area contributed by atoms with Gasteiger partial charge in [0.1, 0.15) is 5.01 Å². The number of nitrogens with zero attached hydrogens (tertiary/aromatic N) is 2. The Labute approximate surface area is 127 Å². The van der Waals surface area contributed by atoms with Crippen LogP contribution in [0.25, 0.3) is 0 Å². The fourth-order valence-corrected chi connectivity index (χ4v) is 4.25. The molecule has 1 atom stereocenters. The molecule has 1 aliphatic heterocycles. The molecule has 1 N–H and O–H groups in total. The maximum atomic E-state index is 4.99. The van der Waals surface area contributed by atoms with Gasteiger partial charge in [0.15, 0.2) is 0 Å². The van der Waals surface area contributed by atoms with Gasteiger partial charge in [0.05, 0.1) is 11.2 Å². The van der Waals surface area contributed by atoms with Gasteiger partial charge in [0.2, 0.25) is 0 Å². The summed E-state index contributed by atoms with van der Waals surface area (Å²) in [5, 5.41) is 7.32. The first kappa shape index (κ1) is 15.9. The normalized spacial score (nSPS) is 25.4. The second kappa shape index (κ2) is 5.74. The highest BCUT2D eigenvalue weighted by molar-refractivity contribution is 7.09. The van der Waals surface area contributed by atoms with Crippen molar-refractivity contribution in [3.63, 3.8) is 0 Å². The van der Waals surface area contributed by atoms with E-state index in [0.717, 1.165) is 6.54 Å². The Morgan fingerprint density at radius 1 is 1.40 bits per heavy atom. The van der Waals surface area contributed by atoms with Crippen molar-refractivity contribution in [2.24, 2.45) is 0 Å². The Morgan fingerprint density at radius 3 is 2.60 bits per heavy atom. The second-order valence-corrected chi connectivity index (χ2v) is 8.37. The molecule has 1 aliphatic rings. The lowest BCUT2D eigenvalue weighted by Crippen LogP contribution is -2.55. The molecule has 1 saturated heterocycles. The van der Waals surface area contributed by atoms with E-state index in [1.165, 1.54) is 30.1 Å². The predicted octanol–water partition coefficient (Wildman–Crippen LogP) is 3.36. The molecule has 114 valence electrons. The maximum Gasteiger partial charge on any atom is 0.114 e. The minimum absolute atomic E-state index is 0.0370. The van der Waals surface area contributed by atoms with Crippen molar-refractivity contribution < 1.29 is 0 Å². The fourth-order valence-electron chi connectivity index (χ4n) is 3.01. The average Bonchev–Trinajstić information content (AvgIpc) is 2.76. The molecule has 2 heterocycles. The van der Waals surface area contributed by atoms with Gasteiger partial charge in [0.25, 0.3) is 0 Å². The molecule has 0 amide bonds. The largest absolute Gasteiger partial charge is 0.304 e. The fraction of sp³-hybridized carbons (Fsp3) is 0.812. The summed E-state index contributed by atoms with van der Waals surface area (Å²) < 4.78 is 0. The van der Waals surface area contributed by atoms with Crippen molar-refractivity contribution in [3.05, 3.63) is 16.1 Å². The van der Waals surface area contributed by atoms with Crippen LogP contribution >= 0.6 is 11.3 Å². The summed E-state index contributed by atoms with van der Waals surface area (Å²) >= 11 is 1.83. The van der Waals surface area contributed by atoms with E-state index in [4.69, 9.17) is 4.98 Å². The Kier molecular flexibility index (Phi) is 4.57. The summed E-state index contributed by atoms with van der Waals surface area (Å²) in [6.45, 7) is 13.4. The van der Waals surface area contributed by atoms with Crippen LogP contribution in [0.2, 0.25) is 0 Å². The number of nitrogens with one attached hydrogen (secondary N) is 1. The first-order valence-corrected chi connectivity index (χ1v) is 8.54. The number of likely N-dealkylation sites (N-methyl/N-ethyl adjacent to an activating group) is 1. The van der Waals surface area contributed by atoms with Gasteiger partial charge in [-0.3, -0.25) is 0 Å². The lowest BCUT2D eigenvalue weighted by atomic mass is 9.88. The van der Waals surface area contributed by atoms with Crippen LogP contribution in [0.5, 0.6) is 0 Å². The van der Waals surface area contributed by atoms with Crippen LogP contribution < -0.4 is 5.32 Å². The smallest absolute Gasteiger partial charge is 0.114 e. The summed E-state index contributed by atoms with van der Waals surface area (Å²) in [4.78, 5) is 7.42. The molecule has 0 aromatic carbocycles. The average molecular weight is 295 g/mol. The molecular weight excluding hydrogens is 266 g/mol. The van der Waals surface area contributed by atoms with Crippen LogP contribution in [0, 0.1) is 0 Å². The zero-order valence-electron chi connectivity index (χ0n) is 13.8. The lowest BCUT2D eigenvalue weighted by Gasteiger charge is -2.42. The minimum atomic E-state index is 0.0370. The molecule has 0 spiro atoms. The Balaban J connectivity index is 2.33. The monoisotopic (exact) mass is 295 g/mol. The van der Waals surface area contributed by atoms with E-state index in [1.54, 1.807) is 0 Å². The summed E-state index contributed by atoms with van der Waals surface area (Å²) in [5.74, 6) is 0. The van der Waals surface area contributed by atoms with Crippen LogP contribution in [-0.4, -0.2) is 36.1 Å². The summed E-state index contributed by atoms with van der Waals surface area (Å²) in [6, 6.07) is 0.475. The molecular formula is C16H29N3S. The third-order valence-electron chi connectivity index (χ3n) is 3.93. The number of hydrogen-bond acceptors (Lipinski definition) is 4. The standard InChI is InChI=1S/C16H29N3S/c1-12(2)18-16(8-7-9-19(6)11-16)14-17-13(10-20-14)15(3,4)5/h10,12,18H,7-9,11H2,1-6H3. The SMILES string of the molecule is CC(C)NC1(c2nc(C(C)(C)C)cs2)CCCN(C)C1. The molecule has 1 fully saturated rings. The second-order valence-electron chi connectivity index (χ2n) is 7.51. The van der Waals surface area contributed by atoms with Crippen molar-refractivity contribution in [2.45, 2.75) is 64.5 Å². The highest BCUT2D eigenvalue weighted by atomic mass is 32.1. The number of aromatic nitrogens is 1. The Hall–Kier alpha value is -0.450. The summed E-state index contributed by atoms with van der Waals surface area (Å²) in [6.07, 6.45) is 2.42. The van der Waals surface area contributed by atoms with E-state index in [9.17, 15) is 0 Å². The van der Waals surface area contributed by atoms with E-state index in [1.807, 2.05) is 11.3 Å². The third-order valence-corrected chi connectivity index (χ3v) is 4.98. The Bertz CT molecular complexity index is 443. The Morgan fingerprint density at radius 2 is 2.10 bits per heavy atom. The van der Waals surface area contributed by atoms with Gasteiger partial charge < -0.3 is 10.2 Å². The van der Waals surface area contributed by atoms with Crippen LogP contribution in [0.1, 0.15) is 58.2 Å². The van der Waals surface area contributed by atoms with Gasteiger partial charge in [-0.15, -0.1) is 11.3 Å². The molecule has 1 unspecified atom stereocenters.